The van der Waals surface area contributed by atoms with Gasteiger partial charge in [-0.25, -0.2) is 0 Å². The number of hydrogen-bond acceptors (Lipinski definition) is 7. The van der Waals surface area contributed by atoms with Crippen LogP contribution in [0.4, 0.5) is 0 Å². The number of carbonyl (C=O) groups is 1. The van der Waals surface area contributed by atoms with E-state index in [9.17, 15) is 4.79 Å². The summed E-state index contributed by atoms with van der Waals surface area (Å²) < 4.78 is 5.69. The topological polar surface area (TPSA) is 48.3 Å². The molecule has 0 amide bonds. The van der Waals surface area contributed by atoms with Gasteiger partial charge >= 0.3 is 0 Å². The smallest absolute Gasteiger partial charge is 0.208 e. The number of carbonyl (C=O) groups excluding carboxylic acids is 1. The van der Waals surface area contributed by atoms with Crippen LogP contribution in [0.15, 0.2) is 9.74 Å². The average molecular weight is 218 g/mol. The van der Waals surface area contributed by atoms with Gasteiger partial charge in [0.2, 0.25) is 5.12 Å². The molecule has 0 saturated carbocycles. The summed E-state index contributed by atoms with van der Waals surface area (Å²) in [5.41, 5.74) is 0. The highest BCUT2D eigenvalue weighted by Crippen LogP contribution is 2.33. The largest absolute Gasteiger partial charge is 0.285 e. The quantitative estimate of drug-likeness (QED) is 0.624. The van der Waals surface area contributed by atoms with E-state index in [0.29, 0.717) is 0 Å². The van der Waals surface area contributed by atoms with Crippen LogP contribution >= 0.6 is 23.9 Å². The minimum Gasteiger partial charge on any atom is -0.285 e. The normalized spacial score (nSPS) is 27.8. The summed E-state index contributed by atoms with van der Waals surface area (Å²) in [4.78, 5) is 11.5. The first-order valence-electron chi connectivity index (χ1n) is 4.05. The summed E-state index contributed by atoms with van der Waals surface area (Å²) in [7, 11) is 0. The zero-order chi connectivity index (χ0) is 9.26. The van der Waals surface area contributed by atoms with E-state index in [1.165, 1.54) is 23.9 Å². The van der Waals surface area contributed by atoms with Crippen molar-refractivity contribution in [1.29, 1.82) is 0 Å². The molecule has 0 bridgehead atoms. The Morgan fingerprint density at radius 3 is 3.31 bits per heavy atom. The van der Waals surface area contributed by atoms with Gasteiger partial charge in [-0.2, -0.15) is 5.12 Å². The molecule has 0 spiro atoms. The highest BCUT2D eigenvalue weighted by Gasteiger charge is 2.36. The fourth-order valence-corrected chi connectivity index (χ4v) is 2.68. The van der Waals surface area contributed by atoms with Crippen LogP contribution in [0.5, 0.6) is 0 Å². The molecule has 2 rings (SSSR count). The van der Waals surface area contributed by atoms with E-state index in [0.717, 1.165) is 19.4 Å². The zero-order valence-corrected chi connectivity index (χ0v) is 8.85. The van der Waals surface area contributed by atoms with E-state index in [-0.39, 0.29) is 11.2 Å². The molecule has 1 saturated heterocycles. The van der Waals surface area contributed by atoms with E-state index in [2.05, 4.69) is 9.74 Å². The van der Waals surface area contributed by atoms with E-state index in [1.807, 2.05) is 10.7 Å². The first-order chi connectivity index (χ1) is 6.33. The molecule has 72 valence electrons. The van der Waals surface area contributed by atoms with Crippen LogP contribution in [0.2, 0.25) is 0 Å². The lowest BCUT2D eigenvalue weighted by atomic mass is 10.1. The van der Waals surface area contributed by atoms with Gasteiger partial charge in [-0.15, -0.1) is 4.41 Å². The van der Waals surface area contributed by atoms with Crippen LogP contribution in [-0.4, -0.2) is 33.5 Å². The standard InChI is InChI=1S/C6H10N4OS2/c1-12-6(11)5-3-2-4-9-7-8-13-10(5)9/h5H,2-4H2,1H3. The zero-order valence-electron chi connectivity index (χ0n) is 7.21. The molecule has 5 nitrogen and oxygen atoms in total. The first-order valence-corrected chi connectivity index (χ1v) is 6.01. The maximum absolute atomic E-state index is 11.5. The average Bonchev–Trinajstić information content (AvgIpc) is 2.63. The predicted octanol–water partition coefficient (Wildman–Crippen LogP) is 1.50. The van der Waals surface area contributed by atoms with Crippen LogP contribution < -0.4 is 0 Å². The van der Waals surface area contributed by atoms with Gasteiger partial charge in [-0.05, 0) is 24.3 Å². The number of thioether (sulfide) groups is 1. The molecule has 1 fully saturated rings. The predicted molar refractivity (Wildman–Crippen MR) is 52.5 cm³/mol. The van der Waals surface area contributed by atoms with Crippen molar-refractivity contribution in [1.82, 2.24) is 9.53 Å². The number of hydrogen-bond donors (Lipinski definition) is 0. The molecule has 0 aromatic carbocycles. The summed E-state index contributed by atoms with van der Waals surface area (Å²) in [6.45, 7) is 0.870. The Morgan fingerprint density at radius 2 is 2.54 bits per heavy atom. The lowest BCUT2D eigenvalue weighted by Crippen LogP contribution is -2.46. The van der Waals surface area contributed by atoms with Gasteiger partial charge in [0, 0.05) is 0 Å². The molecular formula is C6H10N4OS2. The lowest BCUT2D eigenvalue weighted by molar-refractivity contribution is -0.120. The maximum Gasteiger partial charge on any atom is 0.208 e. The van der Waals surface area contributed by atoms with E-state index in [4.69, 9.17) is 0 Å². The second-order valence-corrected chi connectivity index (χ2v) is 4.34. The maximum atomic E-state index is 11.5. The second kappa shape index (κ2) is 3.85. The van der Waals surface area contributed by atoms with Crippen molar-refractivity contribution in [2.45, 2.75) is 18.9 Å². The van der Waals surface area contributed by atoms with E-state index < -0.39 is 0 Å². The third-order valence-corrected chi connectivity index (χ3v) is 3.49. The molecule has 7 heteroatoms. The van der Waals surface area contributed by atoms with Crippen LogP contribution in [-0.2, 0) is 4.79 Å². The summed E-state index contributed by atoms with van der Waals surface area (Å²) in [5.74, 6) is 0. The Hall–Kier alpha value is -0.270. The Morgan fingerprint density at radius 1 is 1.69 bits per heavy atom. The third-order valence-electron chi connectivity index (χ3n) is 2.06. The van der Waals surface area contributed by atoms with Crippen molar-refractivity contribution in [3.63, 3.8) is 0 Å². The van der Waals surface area contributed by atoms with Crippen molar-refractivity contribution < 1.29 is 4.79 Å². The van der Waals surface area contributed by atoms with Crippen LogP contribution in [0.3, 0.4) is 0 Å². The Balaban J connectivity index is 2.07. The summed E-state index contributed by atoms with van der Waals surface area (Å²) >= 11 is 2.54. The lowest BCUT2D eigenvalue weighted by Gasteiger charge is -2.33. The number of rotatable bonds is 1. The Labute approximate surface area is 85.1 Å². The minimum absolute atomic E-state index is 0.0521. The highest BCUT2D eigenvalue weighted by molar-refractivity contribution is 8.13. The second-order valence-electron chi connectivity index (χ2n) is 2.83. The molecular weight excluding hydrogens is 208 g/mol. The molecule has 0 aliphatic carbocycles. The fraction of sp³-hybridized carbons (Fsp3) is 0.833. The molecule has 1 unspecified atom stereocenters. The van der Waals surface area contributed by atoms with Gasteiger partial charge in [0.15, 0.2) is 0 Å². The summed E-state index contributed by atoms with van der Waals surface area (Å²) in [6.07, 6.45) is 3.73. The van der Waals surface area contributed by atoms with Gasteiger partial charge in [0.1, 0.15) is 18.2 Å². The van der Waals surface area contributed by atoms with Crippen LogP contribution in [0.1, 0.15) is 12.8 Å². The van der Waals surface area contributed by atoms with Gasteiger partial charge in [-0.1, -0.05) is 16.3 Å². The van der Waals surface area contributed by atoms with Crippen molar-refractivity contribution in [3.8, 4) is 0 Å². The molecule has 2 heterocycles. The molecule has 0 aromatic heterocycles. The van der Waals surface area contributed by atoms with Crippen LogP contribution in [0, 0.1) is 0 Å². The van der Waals surface area contributed by atoms with E-state index in [1.54, 1.807) is 5.12 Å². The fourth-order valence-electron chi connectivity index (χ4n) is 1.42. The third kappa shape index (κ3) is 1.68. The van der Waals surface area contributed by atoms with Crippen molar-refractivity contribution >= 4 is 29.0 Å². The van der Waals surface area contributed by atoms with Crippen molar-refractivity contribution in [2.24, 2.45) is 9.74 Å². The summed E-state index contributed by atoms with van der Waals surface area (Å²) in [5, 5.41) is 5.88. The molecule has 1 atom stereocenters. The molecule has 0 radical (unpaired) electrons. The van der Waals surface area contributed by atoms with Crippen LogP contribution in [0.25, 0.3) is 0 Å². The van der Waals surface area contributed by atoms with Crippen molar-refractivity contribution in [3.05, 3.63) is 0 Å². The van der Waals surface area contributed by atoms with Gasteiger partial charge < -0.3 is 0 Å². The van der Waals surface area contributed by atoms with Gasteiger partial charge in [0.05, 0.1) is 6.54 Å². The monoisotopic (exact) mass is 218 g/mol. The first kappa shape index (κ1) is 9.29. The number of hydrazine groups is 1. The molecule has 2 aliphatic rings. The highest BCUT2D eigenvalue weighted by atomic mass is 32.2. The van der Waals surface area contributed by atoms with E-state index >= 15 is 0 Å². The summed E-state index contributed by atoms with van der Waals surface area (Å²) in [6, 6.07) is -0.0521. The molecule has 0 N–H and O–H groups in total. The molecule has 0 aromatic rings. The van der Waals surface area contributed by atoms with Crippen molar-refractivity contribution in [2.75, 3.05) is 12.8 Å². The SMILES string of the molecule is CSC(=O)C1CCCN2N=NSN12. The number of nitrogens with zero attached hydrogens (tertiary/aromatic N) is 4. The molecule has 13 heavy (non-hydrogen) atoms. The van der Waals surface area contributed by atoms with Gasteiger partial charge in [-0.3, -0.25) is 4.79 Å². The number of fused-ring (bicyclic) bond motifs is 1. The Kier molecular flexibility index (Phi) is 2.75. The molecule has 2 aliphatic heterocycles. The Bertz CT molecular complexity index is 247. The minimum atomic E-state index is -0.0521. The van der Waals surface area contributed by atoms with Gasteiger partial charge in [0.25, 0.3) is 0 Å².